The minimum Gasteiger partial charge on any atom is -0.322 e. The van der Waals surface area contributed by atoms with E-state index in [1.165, 1.54) is 18.2 Å². The summed E-state index contributed by atoms with van der Waals surface area (Å²) in [7, 11) is 0. The van der Waals surface area contributed by atoms with Crippen molar-refractivity contribution in [2.75, 3.05) is 5.32 Å². The monoisotopic (exact) mass is 349 g/mol. The molecule has 25 heavy (non-hydrogen) atoms. The van der Waals surface area contributed by atoms with Gasteiger partial charge in [-0.1, -0.05) is 0 Å². The van der Waals surface area contributed by atoms with Gasteiger partial charge in [-0.2, -0.15) is 13.2 Å². The fraction of sp³-hybridized carbons (Fsp3) is 0.0625. The van der Waals surface area contributed by atoms with Gasteiger partial charge in [-0.3, -0.25) is 14.4 Å². The Hall–Kier alpha value is -3.36. The highest BCUT2D eigenvalue weighted by atomic mass is 19.4. The van der Waals surface area contributed by atoms with Crippen molar-refractivity contribution in [2.45, 2.75) is 6.18 Å². The number of hydrogen-bond acceptors (Lipinski definition) is 3. The molecule has 2 aromatic carbocycles. The van der Waals surface area contributed by atoms with Crippen LogP contribution in [0, 0.1) is 0 Å². The molecule has 9 heteroatoms. The molecule has 1 aromatic heterocycles. The predicted molar refractivity (Wildman–Crippen MR) is 84.6 cm³/mol. The van der Waals surface area contributed by atoms with Crippen molar-refractivity contribution < 1.29 is 18.0 Å². The van der Waals surface area contributed by atoms with Gasteiger partial charge in [0.1, 0.15) is 0 Å². The highest BCUT2D eigenvalue weighted by molar-refractivity contribution is 6.05. The van der Waals surface area contributed by atoms with Gasteiger partial charge < -0.3 is 15.3 Å². The van der Waals surface area contributed by atoms with Crippen molar-refractivity contribution in [3.8, 4) is 0 Å². The molecule has 3 aromatic rings. The van der Waals surface area contributed by atoms with Crippen LogP contribution in [-0.2, 0) is 6.18 Å². The van der Waals surface area contributed by atoms with Crippen molar-refractivity contribution >= 4 is 22.6 Å². The summed E-state index contributed by atoms with van der Waals surface area (Å²) in [6.07, 6.45) is -4.45. The van der Waals surface area contributed by atoms with Crippen LogP contribution < -0.4 is 16.4 Å². The molecule has 0 fully saturated rings. The lowest BCUT2D eigenvalue weighted by molar-refractivity contribution is -0.137. The second kappa shape index (κ2) is 5.93. The fourth-order valence-electron chi connectivity index (χ4n) is 2.20. The summed E-state index contributed by atoms with van der Waals surface area (Å²) in [4.78, 5) is 39.4. The summed E-state index contributed by atoms with van der Waals surface area (Å²) in [5.41, 5.74) is -1.54. The summed E-state index contributed by atoms with van der Waals surface area (Å²) in [6.45, 7) is 0. The van der Waals surface area contributed by atoms with Gasteiger partial charge in [0.05, 0.1) is 16.6 Å². The number of carbonyl (C=O) groups is 1. The van der Waals surface area contributed by atoms with Crippen molar-refractivity contribution in [2.24, 2.45) is 0 Å². The Balaban J connectivity index is 1.86. The SMILES string of the molecule is O=C(Nc1ccc(C(F)(F)F)cc1)c1ccc2[nH]c(=O)c(=O)[nH]c2c1. The van der Waals surface area contributed by atoms with Crippen LogP contribution in [-0.4, -0.2) is 15.9 Å². The smallest absolute Gasteiger partial charge is 0.322 e. The predicted octanol–water partition coefficient (Wildman–Crippen LogP) is 2.49. The van der Waals surface area contributed by atoms with E-state index in [1.807, 2.05) is 0 Å². The number of H-pyrrole nitrogens is 2. The van der Waals surface area contributed by atoms with Crippen LogP contribution in [0.2, 0.25) is 0 Å². The number of amides is 1. The topological polar surface area (TPSA) is 94.8 Å². The lowest BCUT2D eigenvalue weighted by atomic mass is 10.1. The minimum absolute atomic E-state index is 0.162. The van der Waals surface area contributed by atoms with Crippen molar-refractivity contribution in [3.63, 3.8) is 0 Å². The largest absolute Gasteiger partial charge is 0.416 e. The van der Waals surface area contributed by atoms with Crippen LogP contribution in [0.5, 0.6) is 0 Å². The summed E-state index contributed by atoms with van der Waals surface area (Å²) >= 11 is 0. The average molecular weight is 349 g/mol. The number of carbonyl (C=O) groups excluding carboxylic acids is 1. The third-order valence-electron chi connectivity index (χ3n) is 3.45. The minimum atomic E-state index is -4.45. The molecule has 0 bridgehead atoms. The molecular weight excluding hydrogens is 339 g/mol. The maximum atomic E-state index is 12.5. The Bertz CT molecular complexity index is 1070. The van der Waals surface area contributed by atoms with E-state index in [2.05, 4.69) is 15.3 Å². The molecule has 0 aliphatic heterocycles. The number of aromatic nitrogens is 2. The molecule has 6 nitrogen and oxygen atoms in total. The van der Waals surface area contributed by atoms with E-state index < -0.39 is 28.8 Å². The number of halogens is 3. The number of fused-ring (bicyclic) bond motifs is 1. The number of benzene rings is 2. The Labute approximate surface area is 137 Å². The zero-order valence-electron chi connectivity index (χ0n) is 12.4. The van der Waals surface area contributed by atoms with Crippen molar-refractivity contribution in [1.29, 1.82) is 0 Å². The standard InChI is InChI=1S/C16H10F3N3O3/c17-16(18,19)9-2-4-10(5-3-9)20-13(23)8-1-6-11-12(7-8)22-15(25)14(24)21-11/h1-7H,(H,20,23)(H,21,24)(H,22,25). The second-order valence-electron chi connectivity index (χ2n) is 5.20. The maximum Gasteiger partial charge on any atom is 0.416 e. The van der Waals surface area contributed by atoms with E-state index in [9.17, 15) is 27.6 Å². The molecule has 1 heterocycles. The third kappa shape index (κ3) is 3.44. The molecule has 0 radical (unpaired) electrons. The molecule has 0 spiro atoms. The van der Waals surface area contributed by atoms with Gasteiger partial charge >= 0.3 is 17.3 Å². The van der Waals surface area contributed by atoms with Gasteiger partial charge in [-0.25, -0.2) is 0 Å². The average Bonchev–Trinajstić information content (AvgIpc) is 2.55. The van der Waals surface area contributed by atoms with Gasteiger partial charge in [0, 0.05) is 11.3 Å². The first-order chi connectivity index (χ1) is 11.7. The Morgan fingerprint density at radius 3 is 2.08 bits per heavy atom. The van der Waals surface area contributed by atoms with Crippen LogP contribution in [0.1, 0.15) is 15.9 Å². The molecule has 3 N–H and O–H groups in total. The second-order valence-corrected chi connectivity index (χ2v) is 5.20. The molecular formula is C16H10F3N3O3. The lowest BCUT2D eigenvalue weighted by Gasteiger charge is -2.09. The van der Waals surface area contributed by atoms with Gasteiger partial charge in [0.2, 0.25) is 0 Å². The molecule has 0 atom stereocenters. The van der Waals surface area contributed by atoms with Gasteiger partial charge in [-0.05, 0) is 42.5 Å². The quantitative estimate of drug-likeness (QED) is 0.620. The highest BCUT2D eigenvalue weighted by Gasteiger charge is 2.30. The molecule has 0 saturated carbocycles. The first-order valence-electron chi connectivity index (χ1n) is 6.99. The fourth-order valence-corrected chi connectivity index (χ4v) is 2.20. The van der Waals surface area contributed by atoms with E-state index in [4.69, 9.17) is 0 Å². The van der Waals surface area contributed by atoms with E-state index in [0.29, 0.717) is 5.52 Å². The van der Waals surface area contributed by atoms with E-state index in [1.54, 1.807) is 0 Å². The summed E-state index contributed by atoms with van der Waals surface area (Å²) in [6, 6.07) is 8.20. The zero-order chi connectivity index (χ0) is 18.2. The molecule has 1 amide bonds. The first-order valence-corrected chi connectivity index (χ1v) is 6.99. The number of nitrogens with one attached hydrogen (secondary N) is 3. The van der Waals surface area contributed by atoms with Gasteiger partial charge in [0.15, 0.2) is 0 Å². The molecule has 3 rings (SSSR count). The summed E-state index contributed by atoms with van der Waals surface area (Å²) < 4.78 is 37.5. The number of anilines is 1. The molecule has 0 aliphatic rings. The molecule has 128 valence electrons. The Morgan fingerprint density at radius 1 is 0.880 bits per heavy atom. The summed E-state index contributed by atoms with van der Waals surface area (Å²) in [5, 5.41) is 2.46. The van der Waals surface area contributed by atoms with Gasteiger partial charge in [0.25, 0.3) is 5.91 Å². The van der Waals surface area contributed by atoms with Crippen molar-refractivity contribution in [1.82, 2.24) is 9.97 Å². The van der Waals surface area contributed by atoms with Crippen molar-refractivity contribution in [3.05, 3.63) is 74.3 Å². The number of hydrogen-bond donors (Lipinski definition) is 3. The molecule has 0 saturated heterocycles. The van der Waals surface area contributed by atoms with Crippen LogP contribution in [0.25, 0.3) is 11.0 Å². The van der Waals surface area contributed by atoms with E-state index in [0.717, 1.165) is 24.3 Å². The third-order valence-corrected chi connectivity index (χ3v) is 3.45. The Kier molecular flexibility index (Phi) is 3.91. The number of rotatable bonds is 2. The normalized spacial score (nSPS) is 11.5. The number of aromatic amines is 2. The number of alkyl halides is 3. The first kappa shape index (κ1) is 16.5. The van der Waals surface area contributed by atoms with E-state index >= 15 is 0 Å². The van der Waals surface area contributed by atoms with Gasteiger partial charge in [-0.15, -0.1) is 0 Å². The Morgan fingerprint density at radius 2 is 1.48 bits per heavy atom. The maximum absolute atomic E-state index is 12.5. The molecule has 0 aliphatic carbocycles. The van der Waals surface area contributed by atoms with Crippen LogP contribution in [0.4, 0.5) is 18.9 Å². The van der Waals surface area contributed by atoms with E-state index in [-0.39, 0.29) is 16.8 Å². The van der Waals surface area contributed by atoms with Crippen LogP contribution >= 0.6 is 0 Å². The zero-order valence-corrected chi connectivity index (χ0v) is 12.4. The highest BCUT2D eigenvalue weighted by Crippen LogP contribution is 2.29. The molecule has 0 unspecified atom stereocenters. The van der Waals surface area contributed by atoms with Crippen LogP contribution in [0.3, 0.4) is 0 Å². The lowest BCUT2D eigenvalue weighted by Crippen LogP contribution is -2.29. The van der Waals surface area contributed by atoms with Crippen LogP contribution in [0.15, 0.2) is 52.1 Å². The summed E-state index contributed by atoms with van der Waals surface area (Å²) in [5.74, 6) is -0.575.